The van der Waals surface area contributed by atoms with Crippen molar-refractivity contribution >= 4 is 17.1 Å². The van der Waals surface area contributed by atoms with E-state index in [9.17, 15) is 9.59 Å². The minimum Gasteiger partial charge on any atom is -0.348 e. The summed E-state index contributed by atoms with van der Waals surface area (Å²) in [6.45, 7) is 2.55. The maximum Gasteiger partial charge on any atom is 0.332 e. The number of hydrogen-bond acceptors (Lipinski definition) is 4. The van der Waals surface area contributed by atoms with Gasteiger partial charge in [-0.15, -0.1) is 0 Å². The summed E-state index contributed by atoms with van der Waals surface area (Å²) in [6, 6.07) is 8.13. The van der Waals surface area contributed by atoms with Gasteiger partial charge in [-0.25, -0.2) is 4.79 Å². The maximum atomic E-state index is 12.7. The lowest BCUT2D eigenvalue weighted by Gasteiger charge is -2.15. The number of hydrogen-bond donors (Lipinski definition) is 0. The largest absolute Gasteiger partial charge is 0.348 e. The molecule has 7 nitrogen and oxygen atoms in total. The van der Waals surface area contributed by atoms with E-state index in [1.165, 1.54) is 11.6 Å². The van der Waals surface area contributed by atoms with Crippen molar-refractivity contribution in [2.75, 3.05) is 19.0 Å². The molecule has 1 aromatic carbocycles. The third kappa shape index (κ3) is 2.42. The van der Waals surface area contributed by atoms with Crippen molar-refractivity contribution in [2.45, 2.75) is 13.5 Å². The van der Waals surface area contributed by atoms with Gasteiger partial charge in [0.15, 0.2) is 11.2 Å². The van der Waals surface area contributed by atoms with Gasteiger partial charge in [-0.3, -0.25) is 18.5 Å². The third-order valence-electron chi connectivity index (χ3n) is 4.15. The molecule has 0 fully saturated rings. The number of anilines is 1. The third-order valence-corrected chi connectivity index (χ3v) is 4.15. The van der Waals surface area contributed by atoms with Crippen LogP contribution in [0.2, 0.25) is 0 Å². The van der Waals surface area contributed by atoms with Crippen LogP contribution in [-0.4, -0.2) is 32.8 Å². The van der Waals surface area contributed by atoms with E-state index < -0.39 is 0 Å². The predicted molar refractivity (Wildman–Crippen MR) is 94.8 cm³/mol. The van der Waals surface area contributed by atoms with Crippen molar-refractivity contribution in [3.8, 4) is 0 Å². The standard InChI is InChI=1S/C17H21N5O2/c1-11-7-6-8-12(9-11)10-22-13-14(18-16(22)19(2)3)20(4)17(24)21(5)15(13)23/h6-9H,10H2,1-5H3. The van der Waals surface area contributed by atoms with Gasteiger partial charge in [0.25, 0.3) is 5.56 Å². The molecule has 2 heterocycles. The molecular formula is C17H21N5O2. The summed E-state index contributed by atoms with van der Waals surface area (Å²) >= 11 is 0. The fourth-order valence-electron chi connectivity index (χ4n) is 2.92. The zero-order valence-corrected chi connectivity index (χ0v) is 14.6. The Labute approximate surface area is 139 Å². The molecule has 0 unspecified atom stereocenters. The van der Waals surface area contributed by atoms with Crippen LogP contribution in [0.1, 0.15) is 11.1 Å². The Morgan fingerprint density at radius 2 is 1.83 bits per heavy atom. The van der Waals surface area contributed by atoms with E-state index in [0.29, 0.717) is 23.7 Å². The van der Waals surface area contributed by atoms with Crippen molar-refractivity contribution < 1.29 is 0 Å². The van der Waals surface area contributed by atoms with E-state index in [1.807, 2.05) is 48.7 Å². The molecule has 0 spiro atoms. The molecule has 0 aliphatic rings. The van der Waals surface area contributed by atoms with Crippen LogP contribution in [0.3, 0.4) is 0 Å². The van der Waals surface area contributed by atoms with E-state index in [0.717, 1.165) is 15.7 Å². The molecule has 0 saturated heterocycles. The number of aryl methyl sites for hydroxylation is 2. The number of benzene rings is 1. The van der Waals surface area contributed by atoms with Crippen molar-refractivity contribution in [3.63, 3.8) is 0 Å². The van der Waals surface area contributed by atoms with E-state index >= 15 is 0 Å². The summed E-state index contributed by atoms with van der Waals surface area (Å²) in [7, 11) is 6.87. The molecular weight excluding hydrogens is 306 g/mol. The van der Waals surface area contributed by atoms with Gasteiger partial charge in [-0.2, -0.15) is 4.98 Å². The summed E-state index contributed by atoms with van der Waals surface area (Å²) in [6.07, 6.45) is 0. The average molecular weight is 327 g/mol. The van der Waals surface area contributed by atoms with Gasteiger partial charge in [0.2, 0.25) is 5.95 Å². The minimum atomic E-state index is -0.377. The molecule has 3 aromatic rings. The molecule has 0 N–H and O–H groups in total. The fraction of sp³-hybridized carbons (Fsp3) is 0.353. The lowest BCUT2D eigenvalue weighted by Crippen LogP contribution is -2.37. The summed E-state index contributed by atoms with van der Waals surface area (Å²) in [5, 5.41) is 0. The summed E-state index contributed by atoms with van der Waals surface area (Å²) in [5.74, 6) is 0.643. The van der Waals surface area contributed by atoms with E-state index in [2.05, 4.69) is 11.1 Å². The highest BCUT2D eigenvalue weighted by Crippen LogP contribution is 2.20. The van der Waals surface area contributed by atoms with Gasteiger partial charge in [-0.05, 0) is 12.5 Å². The molecule has 24 heavy (non-hydrogen) atoms. The molecule has 7 heteroatoms. The van der Waals surface area contributed by atoms with E-state index in [-0.39, 0.29) is 11.2 Å². The van der Waals surface area contributed by atoms with Crippen molar-refractivity contribution in [1.29, 1.82) is 0 Å². The molecule has 2 aromatic heterocycles. The Kier molecular flexibility index (Phi) is 3.79. The van der Waals surface area contributed by atoms with Crippen molar-refractivity contribution in [1.82, 2.24) is 18.7 Å². The lowest BCUT2D eigenvalue weighted by molar-refractivity contribution is 0.702. The van der Waals surface area contributed by atoms with Gasteiger partial charge in [0, 0.05) is 28.2 Å². The molecule has 3 rings (SSSR count). The molecule has 0 amide bonds. The van der Waals surface area contributed by atoms with Crippen LogP contribution in [0.15, 0.2) is 33.9 Å². The summed E-state index contributed by atoms with van der Waals surface area (Å²) in [4.78, 5) is 31.2. The number of imidazole rings is 1. The first-order chi connectivity index (χ1) is 11.3. The van der Waals surface area contributed by atoms with Crippen LogP contribution in [0.5, 0.6) is 0 Å². The van der Waals surface area contributed by atoms with Crippen molar-refractivity contribution in [3.05, 3.63) is 56.2 Å². The molecule has 0 bridgehead atoms. The molecule has 0 aliphatic carbocycles. The Morgan fingerprint density at radius 1 is 1.12 bits per heavy atom. The van der Waals surface area contributed by atoms with Crippen LogP contribution in [0.25, 0.3) is 11.2 Å². The first-order valence-electron chi connectivity index (χ1n) is 7.70. The number of nitrogens with zero attached hydrogens (tertiary/aromatic N) is 5. The van der Waals surface area contributed by atoms with Crippen LogP contribution in [0, 0.1) is 6.92 Å². The first kappa shape index (κ1) is 16.0. The lowest BCUT2D eigenvalue weighted by atomic mass is 10.1. The Bertz CT molecular complexity index is 1040. The number of aromatic nitrogens is 4. The predicted octanol–water partition coefficient (Wildman–Crippen LogP) is 0.856. The quantitative estimate of drug-likeness (QED) is 0.716. The SMILES string of the molecule is Cc1cccc(Cn2c(N(C)C)nc3c2c(=O)n(C)c(=O)n3C)c1. The molecule has 0 saturated carbocycles. The summed E-state index contributed by atoms with van der Waals surface area (Å²) < 4.78 is 4.40. The average Bonchev–Trinajstić information content (AvgIpc) is 2.90. The molecule has 0 radical (unpaired) electrons. The van der Waals surface area contributed by atoms with Gasteiger partial charge in [-0.1, -0.05) is 29.8 Å². The topological polar surface area (TPSA) is 65.1 Å². The Hall–Kier alpha value is -2.83. The Balaban J connectivity index is 2.35. The van der Waals surface area contributed by atoms with Crippen LogP contribution in [0.4, 0.5) is 5.95 Å². The number of fused-ring (bicyclic) bond motifs is 1. The second-order valence-electron chi connectivity index (χ2n) is 6.26. The van der Waals surface area contributed by atoms with Crippen LogP contribution >= 0.6 is 0 Å². The highest BCUT2D eigenvalue weighted by Gasteiger charge is 2.20. The number of rotatable bonds is 3. The summed E-state index contributed by atoms with van der Waals surface area (Å²) in [5.41, 5.74) is 2.36. The zero-order valence-electron chi connectivity index (χ0n) is 14.6. The fourth-order valence-corrected chi connectivity index (χ4v) is 2.92. The molecule has 0 aliphatic heterocycles. The molecule has 126 valence electrons. The monoisotopic (exact) mass is 327 g/mol. The minimum absolute atomic E-state index is 0.332. The smallest absolute Gasteiger partial charge is 0.332 e. The Morgan fingerprint density at radius 3 is 2.46 bits per heavy atom. The second-order valence-corrected chi connectivity index (χ2v) is 6.26. The van der Waals surface area contributed by atoms with Gasteiger partial charge < -0.3 is 4.90 Å². The van der Waals surface area contributed by atoms with E-state index in [4.69, 9.17) is 0 Å². The van der Waals surface area contributed by atoms with E-state index in [1.54, 1.807) is 7.05 Å². The zero-order chi connectivity index (χ0) is 17.6. The van der Waals surface area contributed by atoms with Gasteiger partial charge in [0.1, 0.15) is 0 Å². The highest BCUT2D eigenvalue weighted by atomic mass is 16.2. The second kappa shape index (κ2) is 5.67. The van der Waals surface area contributed by atoms with Gasteiger partial charge >= 0.3 is 5.69 Å². The normalized spacial score (nSPS) is 11.2. The maximum absolute atomic E-state index is 12.7. The van der Waals surface area contributed by atoms with Crippen LogP contribution in [-0.2, 0) is 20.6 Å². The molecule has 0 atom stereocenters. The van der Waals surface area contributed by atoms with Crippen LogP contribution < -0.4 is 16.1 Å². The first-order valence-corrected chi connectivity index (χ1v) is 7.70. The van der Waals surface area contributed by atoms with Crippen molar-refractivity contribution in [2.24, 2.45) is 14.1 Å². The highest BCUT2D eigenvalue weighted by molar-refractivity contribution is 5.74. The van der Waals surface area contributed by atoms with Gasteiger partial charge in [0.05, 0.1) is 6.54 Å².